The van der Waals surface area contributed by atoms with Crippen molar-refractivity contribution in [2.24, 2.45) is 0 Å². The molecule has 5 nitrogen and oxygen atoms in total. The first-order valence-corrected chi connectivity index (χ1v) is 4.74. The van der Waals surface area contributed by atoms with Crippen molar-refractivity contribution in [3.05, 3.63) is 24.2 Å². The predicted molar refractivity (Wildman–Crippen MR) is 50.5 cm³/mol. The van der Waals surface area contributed by atoms with E-state index in [1.54, 1.807) is 28.5 Å². The van der Waals surface area contributed by atoms with Crippen molar-refractivity contribution in [3.8, 4) is 0 Å². The molecule has 2 aromatic heterocycles. The number of hydrogen-bond acceptors (Lipinski definition) is 5. The van der Waals surface area contributed by atoms with Gasteiger partial charge in [-0.3, -0.25) is 0 Å². The molecular weight excluding hydrogens is 186 g/mol. The summed E-state index contributed by atoms with van der Waals surface area (Å²) in [6, 6.07) is 0. The maximum absolute atomic E-state index is 4.11. The average molecular weight is 195 g/mol. The summed E-state index contributed by atoms with van der Waals surface area (Å²) in [4.78, 5) is 7.98. The van der Waals surface area contributed by atoms with Crippen LogP contribution in [0, 0.1) is 0 Å². The third kappa shape index (κ3) is 1.83. The van der Waals surface area contributed by atoms with Crippen LogP contribution < -0.4 is 5.32 Å². The molecule has 68 valence electrons. The molecule has 0 radical (unpaired) electrons. The third-order valence-electron chi connectivity index (χ3n) is 1.60. The Balaban J connectivity index is 2.04. The molecule has 0 aliphatic rings. The van der Waals surface area contributed by atoms with Crippen LogP contribution in [0.25, 0.3) is 0 Å². The first kappa shape index (κ1) is 8.18. The molecule has 1 N–H and O–H groups in total. The lowest BCUT2D eigenvalue weighted by molar-refractivity contribution is 0.543. The van der Waals surface area contributed by atoms with Gasteiger partial charge in [0.25, 0.3) is 0 Å². The van der Waals surface area contributed by atoms with Crippen LogP contribution in [-0.2, 0) is 0 Å². The van der Waals surface area contributed by atoms with E-state index in [-0.39, 0.29) is 6.17 Å². The highest BCUT2D eigenvalue weighted by Crippen LogP contribution is 2.14. The number of thiazole rings is 1. The zero-order valence-electron chi connectivity index (χ0n) is 7.08. The van der Waals surface area contributed by atoms with Crippen LogP contribution in [-0.4, -0.2) is 19.7 Å². The van der Waals surface area contributed by atoms with Crippen molar-refractivity contribution in [2.45, 2.75) is 13.1 Å². The van der Waals surface area contributed by atoms with Crippen molar-refractivity contribution in [3.63, 3.8) is 0 Å². The fraction of sp³-hybridized carbons (Fsp3) is 0.286. The van der Waals surface area contributed by atoms with Crippen molar-refractivity contribution in [1.82, 2.24) is 19.7 Å². The van der Waals surface area contributed by atoms with Gasteiger partial charge in [0.05, 0.1) is 0 Å². The molecule has 0 saturated heterocycles. The van der Waals surface area contributed by atoms with E-state index in [1.165, 1.54) is 6.33 Å². The SMILES string of the molecule is C[C@@H](Nc1nccs1)n1cncn1. The second-order valence-electron chi connectivity index (χ2n) is 2.53. The van der Waals surface area contributed by atoms with Crippen LogP contribution in [0.1, 0.15) is 13.1 Å². The van der Waals surface area contributed by atoms with Gasteiger partial charge in [-0.05, 0) is 6.92 Å². The van der Waals surface area contributed by atoms with E-state index in [2.05, 4.69) is 20.4 Å². The minimum absolute atomic E-state index is 0.0775. The van der Waals surface area contributed by atoms with E-state index in [9.17, 15) is 0 Å². The lowest BCUT2D eigenvalue weighted by Gasteiger charge is -2.11. The molecule has 0 amide bonds. The minimum Gasteiger partial charge on any atom is -0.340 e. The van der Waals surface area contributed by atoms with E-state index >= 15 is 0 Å². The zero-order chi connectivity index (χ0) is 9.10. The number of anilines is 1. The standard InChI is InChI=1S/C7H9N5S/c1-6(12-5-8-4-10-12)11-7-9-2-3-13-7/h2-6H,1H3,(H,9,11)/t6-/m0/s1. The molecule has 0 bridgehead atoms. The monoisotopic (exact) mass is 195 g/mol. The summed E-state index contributed by atoms with van der Waals surface area (Å²) in [7, 11) is 0. The summed E-state index contributed by atoms with van der Waals surface area (Å²) in [5.41, 5.74) is 0. The summed E-state index contributed by atoms with van der Waals surface area (Å²) < 4.78 is 1.74. The summed E-state index contributed by atoms with van der Waals surface area (Å²) in [5, 5.41) is 10.0. The Morgan fingerprint density at radius 2 is 2.54 bits per heavy atom. The summed E-state index contributed by atoms with van der Waals surface area (Å²) in [6.45, 7) is 2.00. The van der Waals surface area contributed by atoms with Crippen LogP contribution >= 0.6 is 11.3 Å². The fourth-order valence-corrected chi connectivity index (χ4v) is 1.57. The summed E-state index contributed by atoms with van der Waals surface area (Å²) in [5.74, 6) is 0. The van der Waals surface area contributed by atoms with Crippen LogP contribution in [0.15, 0.2) is 24.2 Å². The molecule has 0 aromatic carbocycles. The highest BCUT2D eigenvalue weighted by molar-refractivity contribution is 7.13. The Morgan fingerprint density at radius 1 is 1.62 bits per heavy atom. The smallest absolute Gasteiger partial charge is 0.184 e. The van der Waals surface area contributed by atoms with Gasteiger partial charge in [0.2, 0.25) is 0 Å². The van der Waals surface area contributed by atoms with Gasteiger partial charge in [0.1, 0.15) is 18.8 Å². The molecular formula is C7H9N5S. The quantitative estimate of drug-likeness (QED) is 0.803. The third-order valence-corrected chi connectivity index (χ3v) is 2.30. The predicted octanol–water partition coefficient (Wildman–Crippen LogP) is 1.37. The van der Waals surface area contributed by atoms with E-state index in [0.717, 1.165) is 5.13 Å². The number of nitrogens with one attached hydrogen (secondary N) is 1. The Bertz CT molecular complexity index is 341. The molecule has 0 unspecified atom stereocenters. The first-order chi connectivity index (χ1) is 6.36. The molecule has 0 saturated carbocycles. The Kier molecular flexibility index (Phi) is 2.22. The highest BCUT2D eigenvalue weighted by Gasteiger charge is 2.04. The van der Waals surface area contributed by atoms with Gasteiger partial charge >= 0.3 is 0 Å². The topological polar surface area (TPSA) is 55.6 Å². The van der Waals surface area contributed by atoms with E-state index in [0.29, 0.717) is 0 Å². The Hall–Kier alpha value is -1.43. The molecule has 2 heterocycles. The van der Waals surface area contributed by atoms with Gasteiger partial charge in [-0.1, -0.05) is 0 Å². The Labute approximate surface area is 79.5 Å². The molecule has 0 fully saturated rings. The lowest BCUT2D eigenvalue weighted by Crippen LogP contribution is -2.14. The number of rotatable bonds is 3. The molecule has 6 heteroatoms. The molecule has 0 aliphatic heterocycles. The van der Waals surface area contributed by atoms with Gasteiger partial charge in [-0.15, -0.1) is 11.3 Å². The second kappa shape index (κ2) is 3.53. The normalized spacial score (nSPS) is 12.7. The number of nitrogens with zero attached hydrogens (tertiary/aromatic N) is 4. The maximum atomic E-state index is 4.11. The van der Waals surface area contributed by atoms with Crippen molar-refractivity contribution in [1.29, 1.82) is 0 Å². The van der Waals surface area contributed by atoms with Crippen LogP contribution in [0.2, 0.25) is 0 Å². The van der Waals surface area contributed by atoms with E-state index in [4.69, 9.17) is 0 Å². The second-order valence-corrected chi connectivity index (χ2v) is 3.43. The van der Waals surface area contributed by atoms with Gasteiger partial charge in [-0.25, -0.2) is 14.6 Å². The maximum Gasteiger partial charge on any atom is 0.184 e. The molecule has 0 aliphatic carbocycles. The first-order valence-electron chi connectivity index (χ1n) is 3.86. The molecule has 2 aromatic rings. The molecule has 1 atom stereocenters. The van der Waals surface area contributed by atoms with Gasteiger partial charge in [0.15, 0.2) is 5.13 Å². The van der Waals surface area contributed by atoms with Crippen molar-refractivity contribution < 1.29 is 0 Å². The molecule has 2 rings (SSSR count). The van der Waals surface area contributed by atoms with Gasteiger partial charge < -0.3 is 5.32 Å². The largest absolute Gasteiger partial charge is 0.340 e. The molecule has 13 heavy (non-hydrogen) atoms. The van der Waals surface area contributed by atoms with Crippen LogP contribution in [0.5, 0.6) is 0 Å². The lowest BCUT2D eigenvalue weighted by atomic mass is 10.6. The molecule has 0 spiro atoms. The van der Waals surface area contributed by atoms with Gasteiger partial charge in [0, 0.05) is 11.6 Å². The van der Waals surface area contributed by atoms with Gasteiger partial charge in [-0.2, -0.15) is 5.10 Å². The van der Waals surface area contributed by atoms with Crippen LogP contribution in [0.3, 0.4) is 0 Å². The zero-order valence-corrected chi connectivity index (χ0v) is 7.90. The number of aromatic nitrogens is 4. The van der Waals surface area contributed by atoms with E-state index in [1.807, 2.05) is 12.3 Å². The summed E-state index contributed by atoms with van der Waals surface area (Å²) in [6.07, 6.45) is 5.03. The van der Waals surface area contributed by atoms with Crippen molar-refractivity contribution in [2.75, 3.05) is 5.32 Å². The van der Waals surface area contributed by atoms with E-state index < -0.39 is 0 Å². The van der Waals surface area contributed by atoms with Crippen molar-refractivity contribution >= 4 is 16.5 Å². The fourth-order valence-electron chi connectivity index (χ4n) is 0.957. The minimum atomic E-state index is 0.0775. The summed E-state index contributed by atoms with van der Waals surface area (Å²) >= 11 is 1.56. The Morgan fingerprint density at radius 3 is 3.15 bits per heavy atom. The number of hydrogen-bond donors (Lipinski definition) is 1. The highest BCUT2D eigenvalue weighted by atomic mass is 32.1. The average Bonchev–Trinajstić information content (AvgIpc) is 2.74. The van der Waals surface area contributed by atoms with Crippen LogP contribution in [0.4, 0.5) is 5.13 Å².